The summed E-state index contributed by atoms with van der Waals surface area (Å²) in [4.78, 5) is 17.4. The van der Waals surface area contributed by atoms with Gasteiger partial charge in [0.1, 0.15) is 5.82 Å². The lowest BCUT2D eigenvalue weighted by Crippen LogP contribution is -2.43. The van der Waals surface area contributed by atoms with Gasteiger partial charge in [0.15, 0.2) is 0 Å². The number of carbonyl (C=O) groups is 1. The summed E-state index contributed by atoms with van der Waals surface area (Å²) < 4.78 is 13.2. The second-order valence-electron chi connectivity index (χ2n) is 7.49. The fourth-order valence-electron chi connectivity index (χ4n) is 4.24. The first-order valence-corrected chi connectivity index (χ1v) is 9.10. The fourth-order valence-corrected chi connectivity index (χ4v) is 4.24. The molecule has 0 spiro atoms. The van der Waals surface area contributed by atoms with Gasteiger partial charge in [0.05, 0.1) is 12.1 Å². The molecule has 1 aromatic carbocycles. The number of hydrogen-bond acceptors (Lipinski definition) is 3. The largest absolute Gasteiger partial charge is 0.391 e. The first-order valence-electron chi connectivity index (χ1n) is 9.10. The van der Waals surface area contributed by atoms with Crippen LogP contribution in [0.1, 0.15) is 43.7 Å². The molecule has 1 amide bonds. The summed E-state index contributed by atoms with van der Waals surface area (Å²) >= 11 is 0. The summed E-state index contributed by atoms with van der Waals surface area (Å²) in [5, 5.41) is 10.1. The number of halogens is 1. The van der Waals surface area contributed by atoms with Gasteiger partial charge in [-0.2, -0.15) is 0 Å². The molecule has 0 radical (unpaired) electrons. The Hall–Kier alpha value is -1.46. The quantitative estimate of drug-likeness (QED) is 0.924. The number of aliphatic hydroxyl groups excluding tert-OH is 1. The van der Waals surface area contributed by atoms with Gasteiger partial charge in [-0.1, -0.05) is 12.1 Å². The third kappa shape index (κ3) is 3.20. The highest BCUT2D eigenvalue weighted by atomic mass is 19.1. The molecule has 2 saturated heterocycles. The van der Waals surface area contributed by atoms with Crippen LogP contribution in [-0.4, -0.2) is 52.6 Å². The Morgan fingerprint density at radius 3 is 2.38 bits per heavy atom. The molecular weight excluding hydrogens is 307 g/mol. The van der Waals surface area contributed by atoms with E-state index >= 15 is 0 Å². The van der Waals surface area contributed by atoms with Crippen molar-refractivity contribution in [1.82, 2.24) is 9.80 Å². The summed E-state index contributed by atoms with van der Waals surface area (Å²) in [6.07, 6.45) is 4.50. The van der Waals surface area contributed by atoms with E-state index in [-0.39, 0.29) is 23.7 Å². The van der Waals surface area contributed by atoms with Crippen molar-refractivity contribution < 1.29 is 14.3 Å². The van der Waals surface area contributed by atoms with E-state index in [4.69, 9.17) is 0 Å². The minimum Gasteiger partial charge on any atom is -0.391 e. The predicted molar refractivity (Wildman–Crippen MR) is 88.8 cm³/mol. The topological polar surface area (TPSA) is 43.8 Å². The van der Waals surface area contributed by atoms with Crippen LogP contribution in [0.3, 0.4) is 0 Å². The van der Waals surface area contributed by atoms with Crippen molar-refractivity contribution in [1.29, 1.82) is 0 Å². The summed E-state index contributed by atoms with van der Waals surface area (Å²) in [6, 6.07) is 6.95. The van der Waals surface area contributed by atoms with Crippen LogP contribution in [-0.2, 0) is 4.79 Å². The van der Waals surface area contributed by atoms with E-state index in [2.05, 4.69) is 4.90 Å². The molecule has 1 N–H and O–H groups in total. The number of likely N-dealkylation sites (tertiary alicyclic amines) is 2. The van der Waals surface area contributed by atoms with Gasteiger partial charge in [0.2, 0.25) is 5.91 Å². The highest BCUT2D eigenvalue weighted by Crippen LogP contribution is 2.36. The highest BCUT2D eigenvalue weighted by Gasteiger charge is 2.40. The SMILES string of the molecule is O=C(C1CCN(C2CC2)CC1)N1CC(O)CC1c1ccc(F)cc1. The Labute approximate surface area is 142 Å². The van der Waals surface area contributed by atoms with E-state index in [1.807, 2.05) is 4.90 Å². The molecule has 2 heterocycles. The molecule has 5 heteroatoms. The molecule has 130 valence electrons. The van der Waals surface area contributed by atoms with Gasteiger partial charge >= 0.3 is 0 Å². The van der Waals surface area contributed by atoms with Crippen molar-refractivity contribution >= 4 is 5.91 Å². The van der Waals surface area contributed by atoms with Gasteiger partial charge in [-0.05, 0) is 62.9 Å². The van der Waals surface area contributed by atoms with Gasteiger partial charge in [0, 0.05) is 18.5 Å². The van der Waals surface area contributed by atoms with E-state index in [1.165, 1.54) is 25.0 Å². The molecule has 0 aromatic heterocycles. The van der Waals surface area contributed by atoms with Crippen molar-refractivity contribution in [3.8, 4) is 0 Å². The molecule has 2 aliphatic heterocycles. The van der Waals surface area contributed by atoms with Crippen LogP contribution >= 0.6 is 0 Å². The van der Waals surface area contributed by atoms with Crippen LogP contribution in [0.4, 0.5) is 4.39 Å². The van der Waals surface area contributed by atoms with Crippen LogP contribution < -0.4 is 0 Å². The number of β-amino-alcohol motifs (C(OH)–C–C–N with tert-alkyl or cyclic N) is 1. The van der Waals surface area contributed by atoms with Crippen molar-refractivity contribution in [2.75, 3.05) is 19.6 Å². The van der Waals surface area contributed by atoms with Crippen molar-refractivity contribution in [2.24, 2.45) is 5.92 Å². The molecule has 4 nitrogen and oxygen atoms in total. The molecular formula is C19H25FN2O2. The maximum atomic E-state index is 13.2. The van der Waals surface area contributed by atoms with E-state index in [1.54, 1.807) is 12.1 Å². The Kier molecular flexibility index (Phi) is 4.31. The zero-order valence-corrected chi connectivity index (χ0v) is 13.9. The van der Waals surface area contributed by atoms with E-state index in [9.17, 15) is 14.3 Å². The maximum absolute atomic E-state index is 13.2. The molecule has 4 rings (SSSR count). The zero-order valence-electron chi connectivity index (χ0n) is 13.9. The van der Waals surface area contributed by atoms with Crippen LogP contribution in [0.2, 0.25) is 0 Å². The Morgan fingerprint density at radius 1 is 1.08 bits per heavy atom. The molecule has 24 heavy (non-hydrogen) atoms. The molecule has 0 bridgehead atoms. The lowest BCUT2D eigenvalue weighted by molar-refractivity contribution is -0.138. The molecule has 3 aliphatic rings. The van der Waals surface area contributed by atoms with Gasteiger partial charge in [-0.3, -0.25) is 4.79 Å². The fraction of sp³-hybridized carbons (Fsp3) is 0.632. The number of rotatable bonds is 3. The van der Waals surface area contributed by atoms with E-state index in [0.29, 0.717) is 13.0 Å². The minimum atomic E-state index is -0.490. The van der Waals surface area contributed by atoms with Crippen LogP contribution in [0.15, 0.2) is 24.3 Å². The Balaban J connectivity index is 1.44. The maximum Gasteiger partial charge on any atom is 0.226 e. The molecule has 1 aromatic rings. The van der Waals surface area contributed by atoms with Gasteiger partial charge in [-0.25, -0.2) is 4.39 Å². The zero-order chi connectivity index (χ0) is 16.7. The third-order valence-electron chi connectivity index (χ3n) is 5.76. The van der Waals surface area contributed by atoms with Crippen molar-refractivity contribution in [3.63, 3.8) is 0 Å². The van der Waals surface area contributed by atoms with E-state index in [0.717, 1.165) is 37.5 Å². The summed E-state index contributed by atoms with van der Waals surface area (Å²) in [5.74, 6) is -0.0489. The van der Waals surface area contributed by atoms with Crippen LogP contribution in [0, 0.1) is 11.7 Å². The summed E-state index contributed by atoms with van der Waals surface area (Å²) in [7, 11) is 0. The monoisotopic (exact) mass is 332 g/mol. The standard InChI is InChI=1S/C19H25FN2O2/c20-15-3-1-13(2-4-15)18-11-17(23)12-22(18)19(24)14-7-9-21(10-8-14)16-5-6-16/h1-4,14,16-18,23H,5-12H2. The molecule has 2 atom stereocenters. The molecule has 2 unspecified atom stereocenters. The van der Waals surface area contributed by atoms with Crippen LogP contribution in [0.5, 0.6) is 0 Å². The van der Waals surface area contributed by atoms with Gasteiger partial charge in [0.25, 0.3) is 0 Å². The second-order valence-corrected chi connectivity index (χ2v) is 7.49. The third-order valence-corrected chi connectivity index (χ3v) is 5.76. The molecule has 3 fully saturated rings. The second kappa shape index (κ2) is 6.45. The molecule has 1 saturated carbocycles. The van der Waals surface area contributed by atoms with Crippen molar-refractivity contribution in [3.05, 3.63) is 35.6 Å². The number of carbonyl (C=O) groups excluding carboxylic acids is 1. The predicted octanol–water partition coefficient (Wildman–Crippen LogP) is 2.33. The Bertz CT molecular complexity index is 594. The summed E-state index contributed by atoms with van der Waals surface area (Å²) in [5.41, 5.74) is 0.914. The lowest BCUT2D eigenvalue weighted by Gasteiger charge is -2.35. The average molecular weight is 332 g/mol. The van der Waals surface area contributed by atoms with Crippen molar-refractivity contribution in [2.45, 2.75) is 50.3 Å². The number of amides is 1. The van der Waals surface area contributed by atoms with E-state index < -0.39 is 6.10 Å². The summed E-state index contributed by atoms with van der Waals surface area (Å²) in [6.45, 7) is 2.42. The normalized spacial score (nSPS) is 29.2. The number of hydrogen-bond donors (Lipinski definition) is 1. The number of nitrogens with zero attached hydrogens (tertiary/aromatic N) is 2. The minimum absolute atomic E-state index is 0.0632. The smallest absolute Gasteiger partial charge is 0.226 e. The van der Waals surface area contributed by atoms with Gasteiger partial charge in [-0.15, -0.1) is 0 Å². The number of piperidine rings is 1. The first-order chi connectivity index (χ1) is 11.6. The number of aliphatic hydroxyl groups is 1. The average Bonchev–Trinajstić information content (AvgIpc) is 3.37. The highest BCUT2D eigenvalue weighted by molar-refractivity contribution is 5.80. The van der Waals surface area contributed by atoms with Crippen LogP contribution in [0.25, 0.3) is 0 Å². The lowest BCUT2D eigenvalue weighted by atomic mass is 9.94. The molecule has 1 aliphatic carbocycles. The Morgan fingerprint density at radius 2 is 1.75 bits per heavy atom. The first kappa shape index (κ1) is 16.0. The number of benzene rings is 1. The van der Waals surface area contributed by atoms with Gasteiger partial charge < -0.3 is 14.9 Å².